The molecule has 0 unspecified atom stereocenters. The molecule has 1 aliphatic heterocycles. The van der Waals surface area contributed by atoms with Gasteiger partial charge >= 0.3 is 6.18 Å². The van der Waals surface area contributed by atoms with Crippen molar-refractivity contribution in [3.05, 3.63) is 47.5 Å². The van der Waals surface area contributed by atoms with Crippen molar-refractivity contribution >= 4 is 33.2 Å². The first kappa shape index (κ1) is 24.0. The van der Waals surface area contributed by atoms with Crippen LogP contribution in [0.2, 0.25) is 0 Å². The summed E-state index contributed by atoms with van der Waals surface area (Å²) in [4.78, 5) is 24.5. The van der Waals surface area contributed by atoms with Gasteiger partial charge < -0.3 is 15.4 Å². The molecule has 2 amide bonds. The smallest absolute Gasteiger partial charge is 0.417 e. The van der Waals surface area contributed by atoms with Crippen molar-refractivity contribution < 1.29 is 35.9 Å². The van der Waals surface area contributed by atoms with Crippen molar-refractivity contribution in [2.24, 2.45) is 0 Å². The lowest BCUT2D eigenvalue weighted by molar-refractivity contribution is -0.138. The summed E-state index contributed by atoms with van der Waals surface area (Å²) in [5.74, 6) is -1.11. The number of alkyl halides is 3. The van der Waals surface area contributed by atoms with Crippen LogP contribution in [0.15, 0.2) is 41.3 Å². The minimum atomic E-state index is -4.90. The van der Waals surface area contributed by atoms with Gasteiger partial charge in [0.25, 0.3) is 11.8 Å². The highest BCUT2D eigenvalue weighted by Gasteiger charge is 2.55. The van der Waals surface area contributed by atoms with E-state index >= 15 is 0 Å². The Balaban J connectivity index is 1.66. The lowest BCUT2D eigenvalue weighted by atomic mass is 10.1. The van der Waals surface area contributed by atoms with Crippen LogP contribution < -0.4 is 20.1 Å². The number of rotatable bonds is 4. The number of benzene rings is 2. The summed E-state index contributed by atoms with van der Waals surface area (Å²) in [5.41, 5.74) is -3.55. The number of amides is 2. The Bertz CT molecular complexity index is 1300. The zero-order valence-corrected chi connectivity index (χ0v) is 19.3. The average Bonchev–Trinajstić information content (AvgIpc) is 3.46. The van der Waals surface area contributed by atoms with E-state index in [9.17, 15) is 31.2 Å². The summed E-state index contributed by atoms with van der Waals surface area (Å²) in [6, 6.07) is 6.31. The number of nitrogens with one attached hydrogen (secondary N) is 3. The molecule has 1 spiro atoms. The van der Waals surface area contributed by atoms with Gasteiger partial charge in [0.2, 0.25) is 10.0 Å². The first-order valence-corrected chi connectivity index (χ1v) is 11.8. The monoisotopic (exact) mass is 497 g/mol. The molecule has 0 atom stereocenters. The Kier molecular flexibility index (Phi) is 5.44. The van der Waals surface area contributed by atoms with Crippen molar-refractivity contribution in [2.45, 2.75) is 55.8 Å². The summed E-state index contributed by atoms with van der Waals surface area (Å²) in [6.45, 7) is 4.73. The van der Waals surface area contributed by atoms with Crippen LogP contribution in [0.4, 0.5) is 24.5 Å². The van der Waals surface area contributed by atoms with Gasteiger partial charge in [-0.05, 0) is 57.2 Å². The number of hydrogen-bond acceptors (Lipinski definition) is 5. The molecule has 12 heteroatoms. The molecule has 2 aliphatic rings. The van der Waals surface area contributed by atoms with Gasteiger partial charge in [-0.25, -0.2) is 13.1 Å². The molecule has 3 N–H and O–H groups in total. The number of anilines is 2. The van der Waals surface area contributed by atoms with Crippen molar-refractivity contribution in [3.63, 3.8) is 0 Å². The second-order valence-electron chi connectivity index (χ2n) is 9.28. The molecule has 182 valence electrons. The third-order valence-electron chi connectivity index (χ3n) is 5.20. The fourth-order valence-electron chi connectivity index (χ4n) is 3.52. The molecule has 1 saturated carbocycles. The molecule has 8 nitrogen and oxygen atoms in total. The Morgan fingerprint density at radius 3 is 2.35 bits per heavy atom. The van der Waals surface area contributed by atoms with Crippen molar-refractivity contribution in [3.8, 4) is 5.75 Å². The lowest BCUT2D eigenvalue weighted by Crippen LogP contribution is -2.40. The minimum Gasteiger partial charge on any atom is -0.475 e. The number of carbonyl (C=O) groups excluding carboxylic acids is 2. The van der Waals surface area contributed by atoms with E-state index in [0.29, 0.717) is 30.7 Å². The molecular formula is C22H22F3N3O5S. The number of sulfonamides is 1. The number of fused-ring (bicyclic) bond motifs is 1. The Morgan fingerprint density at radius 2 is 1.76 bits per heavy atom. The maximum absolute atomic E-state index is 13.6. The maximum Gasteiger partial charge on any atom is 0.417 e. The van der Waals surface area contributed by atoms with Gasteiger partial charge in [0.1, 0.15) is 5.75 Å². The Morgan fingerprint density at radius 1 is 1.09 bits per heavy atom. The number of carbonyl (C=O) groups is 2. The molecular weight excluding hydrogens is 475 g/mol. The third kappa shape index (κ3) is 4.73. The first-order valence-electron chi connectivity index (χ1n) is 10.3. The van der Waals surface area contributed by atoms with Crippen molar-refractivity contribution in [1.29, 1.82) is 0 Å². The quantitative estimate of drug-likeness (QED) is 0.593. The van der Waals surface area contributed by atoms with E-state index < -0.39 is 49.3 Å². The predicted octanol–water partition coefficient (Wildman–Crippen LogP) is 3.90. The van der Waals surface area contributed by atoms with Crippen molar-refractivity contribution in [1.82, 2.24) is 4.72 Å². The molecule has 1 aliphatic carbocycles. The second kappa shape index (κ2) is 7.70. The highest BCUT2D eigenvalue weighted by molar-refractivity contribution is 7.89. The normalized spacial score (nSPS) is 16.9. The zero-order chi connectivity index (χ0) is 25.1. The summed E-state index contributed by atoms with van der Waals surface area (Å²) in [5, 5.41) is 5.01. The highest BCUT2D eigenvalue weighted by atomic mass is 32.2. The molecule has 2 aromatic carbocycles. The summed E-state index contributed by atoms with van der Waals surface area (Å²) in [6.07, 6.45) is -3.73. The van der Waals surface area contributed by atoms with Crippen LogP contribution in [0.3, 0.4) is 0 Å². The fourth-order valence-corrected chi connectivity index (χ4v) is 4.96. The molecule has 0 bridgehead atoms. The van der Waals surface area contributed by atoms with Crippen LogP contribution in [-0.2, 0) is 21.0 Å². The Hall–Kier alpha value is -3.12. The standard InChI is InChI=1S/C22H22F3N3O5S/c1-20(2,3)28-34(31,32)13-5-6-15(22(23,24)25)14(11-13)18(29)26-12-4-7-17-16(10-12)27-19(30)21(33-17)8-9-21/h4-7,10-11,28H,8-9H2,1-3H3,(H,26,29)(H,27,30). The van der Waals surface area contributed by atoms with Gasteiger partial charge in [0, 0.05) is 24.1 Å². The number of halogens is 3. The van der Waals surface area contributed by atoms with E-state index in [1.54, 1.807) is 20.8 Å². The fraction of sp³-hybridized carbons (Fsp3) is 0.364. The maximum atomic E-state index is 13.6. The Labute approximate surface area is 193 Å². The second-order valence-corrected chi connectivity index (χ2v) is 11.0. The SMILES string of the molecule is CC(C)(C)NS(=O)(=O)c1ccc(C(F)(F)F)c(C(=O)Nc2ccc3c(c2)NC(=O)C2(CC2)O3)c1. The van der Waals surface area contributed by atoms with Crippen molar-refractivity contribution in [2.75, 3.05) is 10.6 Å². The molecule has 0 aromatic heterocycles. The average molecular weight is 497 g/mol. The van der Waals surface area contributed by atoms with Gasteiger partial charge in [0.05, 0.1) is 21.7 Å². The van der Waals surface area contributed by atoms with Crippen LogP contribution in [0, 0.1) is 0 Å². The van der Waals surface area contributed by atoms with Gasteiger partial charge in [-0.3, -0.25) is 9.59 Å². The van der Waals surface area contributed by atoms with E-state index in [1.165, 1.54) is 18.2 Å². The zero-order valence-electron chi connectivity index (χ0n) is 18.5. The number of ether oxygens (including phenoxy) is 1. The molecule has 0 saturated heterocycles. The molecule has 34 heavy (non-hydrogen) atoms. The van der Waals surface area contributed by atoms with Gasteiger partial charge in [-0.15, -0.1) is 0 Å². The summed E-state index contributed by atoms with van der Waals surface area (Å²) >= 11 is 0. The van der Waals surface area contributed by atoms with E-state index in [1.807, 2.05) is 0 Å². The molecule has 1 heterocycles. The van der Waals surface area contributed by atoms with Crippen LogP contribution in [-0.4, -0.2) is 31.4 Å². The van der Waals surface area contributed by atoms with E-state index in [0.717, 1.165) is 6.07 Å². The van der Waals surface area contributed by atoms with Gasteiger partial charge in [-0.2, -0.15) is 13.2 Å². The van der Waals surface area contributed by atoms with Gasteiger partial charge in [-0.1, -0.05) is 0 Å². The number of hydrogen-bond donors (Lipinski definition) is 3. The van der Waals surface area contributed by atoms with Crippen LogP contribution in [0.5, 0.6) is 5.75 Å². The highest BCUT2D eigenvalue weighted by Crippen LogP contribution is 2.47. The topological polar surface area (TPSA) is 114 Å². The molecule has 4 rings (SSSR count). The molecule has 2 aromatic rings. The predicted molar refractivity (Wildman–Crippen MR) is 117 cm³/mol. The van der Waals surface area contributed by atoms with Crippen LogP contribution in [0.25, 0.3) is 0 Å². The summed E-state index contributed by atoms with van der Waals surface area (Å²) < 4.78 is 74.0. The first-order chi connectivity index (χ1) is 15.6. The third-order valence-corrected chi connectivity index (χ3v) is 6.96. The van der Waals surface area contributed by atoms with Crippen LogP contribution >= 0.6 is 0 Å². The van der Waals surface area contributed by atoms with Crippen LogP contribution in [0.1, 0.15) is 49.5 Å². The minimum absolute atomic E-state index is 0.0913. The largest absolute Gasteiger partial charge is 0.475 e. The van der Waals surface area contributed by atoms with Gasteiger partial charge in [0.15, 0.2) is 5.60 Å². The summed E-state index contributed by atoms with van der Waals surface area (Å²) in [7, 11) is -4.19. The van der Waals surface area contributed by atoms with E-state index in [4.69, 9.17) is 4.74 Å². The van der Waals surface area contributed by atoms with E-state index in [-0.39, 0.29) is 17.3 Å². The molecule has 1 fully saturated rings. The lowest BCUT2D eigenvalue weighted by Gasteiger charge is -2.26. The van der Waals surface area contributed by atoms with E-state index in [2.05, 4.69) is 15.4 Å². The molecule has 0 radical (unpaired) electrons.